The molecule has 0 bridgehead atoms. The lowest BCUT2D eigenvalue weighted by molar-refractivity contribution is -0.143. The van der Waals surface area contributed by atoms with Crippen LogP contribution >= 0.6 is 0 Å². The van der Waals surface area contributed by atoms with E-state index in [1.807, 2.05) is 6.92 Å². The van der Waals surface area contributed by atoms with E-state index in [1.165, 1.54) is 12.8 Å². The Morgan fingerprint density at radius 3 is 2.94 bits per heavy atom. The highest BCUT2D eigenvalue weighted by atomic mass is 16.5. The van der Waals surface area contributed by atoms with Gasteiger partial charge in [0.15, 0.2) is 0 Å². The fourth-order valence-electron chi connectivity index (χ4n) is 1.99. The molecule has 0 aromatic rings. The number of carbonyl (C=O) groups is 1. The van der Waals surface area contributed by atoms with Crippen molar-refractivity contribution in [3.05, 3.63) is 0 Å². The Labute approximate surface area is 104 Å². The molecule has 1 aliphatic rings. The SMILES string of the molecule is CCOC(=O)CCCCCO[C@H]1CCCNC1. The van der Waals surface area contributed by atoms with Gasteiger partial charge in [-0.3, -0.25) is 4.79 Å². The van der Waals surface area contributed by atoms with Crippen molar-refractivity contribution < 1.29 is 14.3 Å². The van der Waals surface area contributed by atoms with Gasteiger partial charge in [-0.25, -0.2) is 0 Å². The summed E-state index contributed by atoms with van der Waals surface area (Å²) < 4.78 is 10.6. The van der Waals surface area contributed by atoms with Gasteiger partial charge < -0.3 is 14.8 Å². The van der Waals surface area contributed by atoms with Crippen LogP contribution in [0.4, 0.5) is 0 Å². The van der Waals surface area contributed by atoms with E-state index in [0.29, 0.717) is 19.1 Å². The first-order valence-corrected chi connectivity index (χ1v) is 6.81. The number of unbranched alkanes of at least 4 members (excludes halogenated alkanes) is 2. The summed E-state index contributed by atoms with van der Waals surface area (Å²) in [5.74, 6) is -0.0788. The van der Waals surface area contributed by atoms with Crippen molar-refractivity contribution in [2.45, 2.75) is 51.6 Å². The summed E-state index contributed by atoms with van der Waals surface area (Å²) in [6, 6.07) is 0. The molecule has 0 saturated carbocycles. The van der Waals surface area contributed by atoms with Crippen LogP contribution in [0, 0.1) is 0 Å². The van der Waals surface area contributed by atoms with E-state index in [-0.39, 0.29) is 5.97 Å². The number of hydrogen-bond donors (Lipinski definition) is 1. The Morgan fingerprint density at radius 2 is 2.24 bits per heavy atom. The molecule has 1 fully saturated rings. The molecule has 1 atom stereocenters. The van der Waals surface area contributed by atoms with Gasteiger partial charge in [-0.2, -0.15) is 0 Å². The van der Waals surface area contributed by atoms with Gasteiger partial charge in [-0.05, 0) is 39.2 Å². The van der Waals surface area contributed by atoms with Crippen molar-refractivity contribution >= 4 is 5.97 Å². The summed E-state index contributed by atoms with van der Waals surface area (Å²) in [4.78, 5) is 11.1. The Morgan fingerprint density at radius 1 is 1.35 bits per heavy atom. The molecule has 1 heterocycles. The van der Waals surface area contributed by atoms with Gasteiger partial charge in [0.25, 0.3) is 0 Å². The molecular weight excluding hydrogens is 218 g/mol. The number of ether oxygens (including phenoxy) is 2. The number of carbonyl (C=O) groups excluding carboxylic acids is 1. The third kappa shape index (κ3) is 7.34. The molecule has 0 aliphatic carbocycles. The lowest BCUT2D eigenvalue weighted by Gasteiger charge is -2.22. The molecule has 0 spiro atoms. The van der Waals surface area contributed by atoms with Crippen LogP contribution in [-0.2, 0) is 14.3 Å². The molecule has 100 valence electrons. The Kier molecular flexibility index (Phi) is 8.01. The maximum atomic E-state index is 11.1. The van der Waals surface area contributed by atoms with Crippen LogP contribution in [0.1, 0.15) is 45.4 Å². The second-order valence-corrected chi connectivity index (χ2v) is 4.45. The van der Waals surface area contributed by atoms with Crippen molar-refractivity contribution in [2.75, 3.05) is 26.3 Å². The van der Waals surface area contributed by atoms with Gasteiger partial charge in [0.05, 0.1) is 12.7 Å². The zero-order valence-electron chi connectivity index (χ0n) is 10.9. The molecule has 0 unspecified atom stereocenters. The molecule has 1 rings (SSSR count). The van der Waals surface area contributed by atoms with Crippen LogP contribution in [0.2, 0.25) is 0 Å². The minimum absolute atomic E-state index is 0.0788. The summed E-state index contributed by atoms with van der Waals surface area (Å²) in [5, 5.41) is 3.33. The molecule has 1 aliphatic heterocycles. The van der Waals surface area contributed by atoms with Crippen LogP contribution in [-0.4, -0.2) is 38.4 Å². The molecule has 1 saturated heterocycles. The number of piperidine rings is 1. The molecule has 4 heteroatoms. The quantitative estimate of drug-likeness (QED) is 0.522. The van der Waals surface area contributed by atoms with E-state index in [2.05, 4.69) is 5.32 Å². The molecule has 4 nitrogen and oxygen atoms in total. The molecule has 1 N–H and O–H groups in total. The molecular formula is C13H25NO3. The van der Waals surface area contributed by atoms with Crippen molar-refractivity contribution in [3.63, 3.8) is 0 Å². The third-order valence-electron chi connectivity index (χ3n) is 2.94. The smallest absolute Gasteiger partial charge is 0.305 e. The minimum Gasteiger partial charge on any atom is -0.466 e. The standard InChI is InChI=1S/C13H25NO3/c1-2-16-13(15)8-4-3-5-10-17-12-7-6-9-14-11-12/h12,14H,2-11H2,1H3/t12-/m0/s1. The predicted octanol–water partition coefficient (Wildman–Crippen LogP) is 1.88. The van der Waals surface area contributed by atoms with Crippen molar-refractivity contribution in [1.29, 1.82) is 0 Å². The maximum absolute atomic E-state index is 11.1. The summed E-state index contributed by atoms with van der Waals surface area (Å²) >= 11 is 0. The Hall–Kier alpha value is -0.610. The monoisotopic (exact) mass is 243 g/mol. The van der Waals surface area contributed by atoms with E-state index in [4.69, 9.17) is 9.47 Å². The highest BCUT2D eigenvalue weighted by Crippen LogP contribution is 2.08. The van der Waals surface area contributed by atoms with Crippen LogP contribution < -0.4 is 5.32 Å². The van der Waals surface area contributed by atoms with E-state index in [0.717, 1.165) is 39.0 Å². The third-order valence-corrected chi connectivity index (χ3v) is 2.94. The Bertz CT molecular complexity index is 203. The molecule has 17 heavy (non-hydrogen) atoms. The van der Waals surface area contributed by atoms with E-state index in [9.17, 15) is 4.79 Å². The second kappa shape index (κ2) is 9.42. The lowest BCUT2D eigenvalue weighted by atomic mass is 10.1. The predicted molar refractivity (Wildman–Crippen MR) is 66.9 cm³/mol. The van der Waals surface area contributed by atoms with Gasteiger partial charge in [0.1, 0.15) is 0 Å². The fraction of sp³-hybridized carbons (Fsp3) is 0.923. The van der Waals surface area contributed by atoms with Gasteiger partial charge in [-0.1, -0.05) is 6.42 Å². The van der Waals surface area contributed by atoms with E-state index >= 15 is 0 Å². The number of nitrogens with one attached hydrogen (secondary N) is 1. The highest BCUT2D eigenvalue weighted by Gasteiger charge is 2.12. The van der Waals surface area contributed by atoms with E-state index < -0.39 is 0 Å². The topological polar surface area (TPSA) is 47.6 Å². The van der Waals surface area contributed by atoms with Crippen LogP contribution in [0.15, 0.2) is 0 Å². The second-order valence-electron chi connectivity index (χ2n) is 4.45. The first kappa shape index (κ1) is 14.5. The lowest BCUT2D eigenvalue weighted by Crippen LogP contribution is -2.35. The zero-order valence-corrected chi connectivity index (χ0v) is 10.9. The molecule has 0 aromatic carbocycles. The van der Waals surface area contributed by atoms with Gasteiger partial charge in [0.2, 0.25) is 0 Å². The van der Waals surface area contributed by atoms with Crippen molar-refractivity contribution in [1.82, 2.24) is 5.32 Å². The average molecular weight is 243 g/mol. The highest BCUT2D eigenvalue weighted by molar-refractivity contribution is 5.69. The first-order valence-electron chi connectivity index (χ1n) is 6.81. The zero-order chi connectivity index (χ0) is 12.3. The normalized spacial score (nSPS) is 20.2. The van der Waals surface area contributed by atoms with Crippen molar-refractivity contribution in [2.24, 2.45) is 0 Å². The largest absolute Gasteiger partial charge is 0.466 e. The van der Waals surface area contributed by atoms with Gasteiger partial charge in [-0.15, -0.1) is 0 Å². The van der Waals surface area contributed by atoms with Crippen LogP contribution in [0.5, 0.6) is 0 Å². The average Bonchev–Trinajstić information content (AvgIpc) is 2.35. The maximum Gasteiger partial charge on any atom is 0.305 e. The summed E-state index contributed by atoms with van der Waals surface area (Å²) in [6.07, 6.45) is 6.32. The number of rotatable bonds is 8. The van der Waals surface area contributed by atoms with E-state index in [1.54, 1.807) is 0 Å². The summed E-state index contributed by atoms with van der Waals surface area (Å²) in [6.45, 7) is 5.25. The Balaban J connectivity index is 1.85. The van der Waals surface area contributed by atoms with Crippen LogP contribution in [0.25, 0.3) is 0 Å². The fourth-order valence-corrected chi connectivity index (χ4v) is 1.99. The molecule has 0 radical (unpaired) electrons. The number of esters is 1. The van der Waals surface area contributed by atoms with Gasteiger partial charge in [0, 0.05) is 19.6 Å². The minimum atomic E-state index is -0.0788. The number of hydrogen-bond acceptors (Lipinski definition) is 4. The van der Waals surface area contributed by atoms with Crippen molar-refractivity contribution in [3.8, 4) is 0 Å². The summed E-state index contributed by atoms with van der Waals surface area (Å²) in [7, 11) is 0. The van der Waals surface area contributed by atoms with Gasteiger partial charge >= 0.3 is 5.97 Å². The first-order chi connectivity index (χ1) is 8.33. The molecule has 0 amide bonds. The van der Waals surface area contributed by atoms with Crippen LogP contribution in [0.3, 0.4) is 0 Å². The summed E-state index contributed by atoms with van der Waals surface area (Å²) in [5.41, 5.74) is 0. The molecule has 0 aromatic heterocycles.